The molecule has 0 saturated heterocycles. The Morgan fingerprint density at radius 2 is 0.950 bits per heavy atom. The van der Waals surface area contributed by atoms with Crippen LogP contribution in [0.1, 0.15) is 22.3 Å². The van der Waals surface area contributed by atoms with E-state index >= 15 is 0 Å². The molecular weight excluding hydrogens is 248 g/mol. The van der Waals surface area contributed by atoms with E-state index in [4.69, 9.17) is 0 Å². The third kappa shape index (κ3) is 0.998. The average Bonchev–Trinajstić information content (AvgIpc) is 2.95. The molecule has 0 bridgehead atoms. The average molecular weight is 262 g/mol. The third-order valence-corrected chi connectivity index (χ3v) is 5.05. The lowest BCUT2D eigenvalue weighted by Gasteiger charge is -2.11. The molecule has 0 aliphatic heterocycles. The van der Waals surface area contributed by atoms with Gasteiger partial charge < -0.3 is 0 Å². The Morgan fingerprint density at radius 1 is 0.550 bits per heavy atom. The van der Waals surface area contributed by atoms with Crippen molar-refractivity contribution in [2.75, 3.05) is 0 Å². The smallest absolute Gasteiger partial charge is 0.234 e. The molecule has 0 amide bonds. The highest BCUT2D eigenvalue weighted by atomic mass is 16.2. The van der Waals surface area contributed by atoms with Gasteiger partial charge in [0.1, 0.15) is 0 Å². The Kier molecular flexibility index (Phi) is 1.89. The minimum atomic E-state index is -0.335. The van der Waals surface area contributed by atoms with Gasteiger partial charge in [-0.2, -0.15) is 0 Å². The fourth-order valence-corrected chi connectivity index (χ4v) is 3.70. The predicted molar refractivity (Wildman–Crippen MR) is 84.0 cm³/mol. The molecule has 0 spiro atoms. The van der Waals surface area contributed by atoms with Crippen LogP contribution in [0.3, 0.4) is 0 Å². The van der Waals surface area contributed by atoms with Crippen molar-refractivity contribution in [2.45, 2.75) is 27.7 Å². The van der Waals surface area contributed by atoms with Crippen molar-refractivity contribution in [3.63, 3.8) is 0 Å². The van der Waals surface area contributed by atoms with E-state index in [1.54, 1.807) is 0 Å². The molecular formula is C18H14O2. The van der Waals surface area contributed by atoms with Crippen LogP contribution in [0.5, 0.6) is 0 Å². The van der Waals surface area contributed by atoms with Gasteiger partial charge in [0.05, 0.1) is 0 Å². The van der Waals surface area contributed by atoms with Crippen LogP contribution >= 0.6 is 0 Å². The highest BCUT2D eigenvalue weighted by molar-refractivity contribution is 6.27. The van der Waals surface area contributed by atoms with Gasteiger partial charge in [-0.15, -0.1) is 0 Å². The summed E-state index contributed by atoms with van der Waals surface area (Å²) in [5.41, 5.74) is 3.45. The zero-order chi connectivity index (χ0) is 14.3. The lowest BCUT2D eigenvalue weighted by Crippen LogP contribution is -2.18. The molecule has 0 aliphatic rings. The van der Waals surface area contributed by atoms with Crippen LogP contribution in [0.25, 0.3) is 32.3 Å². The monoisotopic (exact) mass is 262 g/mol. The van der Waals surface area contributed by atoms with E-state index in [1.165, 1.54) is 10.8 Å². The second-order valence-corrected chi connectivity index (χ2v) is 5.82. The van der Waals surface area contributed by atoms with Crippen molar-refractivity contribution in [1.29, 1.82) is 0 Å². The lowest BCUT2D eigenvalue weighted by molar-refractivity contribution is 1.41. The molecule has 0 unspecified atom stereocenters. The van der Waals surface area contributed by atoms with E-state index in [1.807, 2.05) is 27.7 Å². The summed E-state index contributed by atoms with van der Waals surface area (Å²) in [5.74, 6) is 0. The van der Waals surface area contributed by atoms with Gasteiger partial charge in [0.2, 0.25) is 10.9 Å². The summed E-state index contributed by atoms with van der Waals surface area (Å²) in [6.07, 6.45) is 0. The standard InChI is InChI=1S/C18H14O2/c1-7-9(3)13-16-14(18(20)17(13)19)10(4)8(2)12-6-5-11(7)15(12)16/h5-6H,1-4H3. The van der Waals surface area contributed by atoms with Crippen LogP contribution in [0.4, 0.5) is 0 Å². The van der Waals surface area contributed by atoms with Crippen molar-refractivity contribution >= 4 is 32.3 Å². The molecule has 0 heterocycles. The Hall–Kier alpha value is -2.22. The molecule has 0 aliphatic carbocycles. The maximum absolute atomic E-state index is 12.4. The summed E-state index contributed by atoms with van der Waals surface area (Å²) in [6.45, 7) is 7.96. The number of hydrogen-bond acceptors (Lipinski definition) is 2. The van der Waals surface area contributed by atoms with Crippen molar-refractivity contribution in [2.24, 2.45) is 0 Å². The van der Waals surface area contributed by atoms with Gasteiger partial charge in [0.25, 0.3) is 0 Å². The van der Waals surface area contributed by atoms with Crippen molar-refractivity contribution in [3.8, 4) is 0 Å². The van der Waals surface area contributed by atoms with E-state index in [0.29, 0.717) is 10.8 Å². The summed E-state index contributed by atoms with van der Waals surface area (Å²) in [5, 5.41) is 5.59. The topological polar surface area (TPSA) is 34.1 Å². The van der Waals surface area contributed by atoms with Gasteiger partial charge in [-0.25, -0.2) is 0 Å². The Balaban J connectivity index is 2.65. The highest BCUT2D eigenvalue weighted by Gasteiger charge is 2.23. The molecule has 4 rings (SSSR count). The molecule has 2 nitrogen and oxygen atoms in total. The second kappa shape index (κ2) is 3.26. The van der Waals surface area contributed by atoms with Crippen molar-refractivity contribution in [1.82, 2.24) is 0 Å². The SMILES string of the molecule is Cc1c(C)c2c(=O)c(=O)c3c(C)c(C)c4ccc1c4c23. The molecule has 0 atom stereocenters. The maximum Gasteiger partial charge on any atom is 0.234 e. The molecule has 20 heavy (non-hydrogen) atoms. The first-order chi connectivity index (χ1) is 9.45. The summed E-state index contributed by atoms with van der Waals surface area (Å²) >= 11 is 0. The van der Waals surface area contributed by atoms with Crippen LogP contribution < -0.4 is 10.9 Å². The summed E-state index contributed by atoms with van der Waals surface area (Å²) < 4.78 is 0. The number of rotatable bonds is 0. The van der Waals surface area contributed by atoms with Gasteiger partial charge in [-0.3, -0.25) is 9.59 Å². The summed E-state index contributed by atoms with van der Waals surface area (Å²) in [6, 6.07) is 4.22. The molecule has 0 N–H and O–H groups in total. The third-order valence-electron chi connectivity index (χ3n) is 5.05. The molecule has 0 radical (unpaired) electrons. The highest BCUT2D eigenvalue weighted by Crippen LogP contribution is 2.41. The summed E-state index contributed by atoms with van der Waals surface area (Å²) in [4.78, 5) is 24.8. The molecule has 4 aromatic rings. The largest absolute Gasteiger partial charge is 0.285 e. The maximum atomic E-state index is 12.4. The number of benzene rings is 2. The normalized spacial score (nSPS) is 12.4. The summed E-state index contributed by atoms with van der Waals surface area (Å²) in [7, 11) is 0. The number of hydrogen-bond donors (Lipinski definition) is 0. The van der Waals surface area contributed by atoms with E-state index in [9.17, 15) is 9.59 Å². The minimum Gasteiger partial charge on any atom is -0.285 e. The first kappa shape index (κ1) is 11.6. The molecule has 0 aromatic heterocycles. The van der Waals surface area contributed by atoms with Gasteiger partial charge in [0, 0.05) is 16.2 Å². The molecule has 2 heteroatoms. The van der Waals surface area contributed by atoms with Crippen LogP contribution in [0.2, 0.25) is 0 Å². The fraction of sp³-hybridized carbons (Fsp3) is 0.222. The minimum absolute atomic E-state index is 0.335. The van der Waals surface area contributed by atoms with Crippen LogP contribution in [-0.2, 0) is 0 Å². The molecule has 98 valence electrons. The van der Waals surface area contributed by atoms with Crippen LogP contribution in [-0.4, -0.2) is 0 Å². The zero-order valence-electron chi connectivity index (χ0n) is 12.0. The van der Waals surface area contributed by atoms with E-state index in [0.717, 1.165) is 33.0 Å². The first-order valence-electron chi connectivity index (χ1n) is 6.82. The molecule has 4 aromatic carbocycles. The van der Waals surface area contributed by atoms with Crippen LogP contribution in [0.15, 0.2) is 21.7 Å². The van der Waals surface area contributed by atoms with Gasteiger partial charge in [0.15, 0.2) is 0 Å². The van der Waals surface area contributed by atoms with Crippen molar-refractivity contribution in [3.05, 3.63) is 54.8 Å². The number of aryl methyl sites for hydroxylation is 4. The fourth-order valence-electron chi connectivity index (χ4n) is 3.70. The Labute approximate surface area is 115 Å². The van der Waals surface area contributed by atoms with Gasteiger partial charge >= 0.3 is 0 Å². The van der Waals surface area contributed by atoms with E-state index in [-0.39, 0.29) is 10.9 Å². The van der Waals surface area contributed by atoms with Gasteiger partial charge in [-0.1, -0.05) is 12.1 Å². The van der Waals surface area contributed by atoms with Gasteiger partial charge in [-0.05, 0) is 66.1 Å². The Morgan fingerprint density at radius 3 is 1.35 bits per heavy atom. The quantitative estimate of drug-likeness (QED) is 0.455. The molecule has 0 fully saturated rings. The second-order valence-electron chi connectivity index (χ2n) is 5.82. The lowest BCUT2D eigenvalue weighted by atomic mass is 9.91. The Bertz CT molecular complexity index is 1020. The van der Waals surface area contributed by atoms with E-state index < -0.39 is 0 Å². The first-order valence-corrected chi connectivity index (χ1v) is 6.82. The zero-order valence-corrected chi connectivity index (χ0v) is 12.0. The predicted octanol–water partition coefficient (Wildman–Crippen LogP) is 3.41. The van der Waals surface area contributed by atoms with Crippen molar-refractivity contribution < 1.29 is 0 Å². The van der Waals surface area contributed by atoms with Crippen LogP contribution in [0, 0.1) is 27.7 Å². The van der Waals surface area contributed by atoms with E-state index in [2.05, 4.69) is 12.1 Å². The molecule has 0 saturated carbocycles.